The molecule has 1 aliphatic rings. The number of oxime groups is 1. The number of nitrogens with two attached hydrogens (primary N) is 1. The van der Waals surface area contributed by atoms with Crippen LogP contribution in [0.3, 0.4) is 0 Å². The Balaban J connectivity index is 1.52. The predicted molar refractivity (Wildman–Crippen MR) is 134 cm³/mol. The number of carbonyl (C=O) groups is 2. The van der Waals surface area contributed by atoms with E-state index in [-0.39, 0.29) is 11.3 Å². The molecule has 11 nitrogen and oxygen atoms in total. The third-order valence-electron chi connectivity index (χ3n) is 5.47. The number of nitrogens with zero attached hydrogens (tertiary/aromatic N) is 2. The van der Waals surface area contributed by atoms with Crippen molar-refractivity contribution in [3.63, 3.8) is 0 Å². The lowest BCUT2D eigenvalue weighted by atomic mass is 10.0. The first-order valence-corrected chi connectivity index (χ1v) is 12.8. The molecule has 0 unspecified atom stereocenters. The second-order valence-corrected chi connectivity index (χ2v) is 9.87. The Morgan fingerprint density at radius 2 is 1.92 bits per heavy atom. The summed E-state index contributed by atoms with van der Waals surface area (Å²) in [6, 6.07) is 12.0. The molecule has 3 rings (SSSR count). The first kappa shape index (κ1) is 26.8. The first-order chi connectivity index (χ1) is 17.1. The lowest BCUT2D eigenvalue weighted by molar-refractivity contribution is -0.138. The number of amidine groups is 1. The van der Waals surface area contributed by atoms with Crippen molar-refractivity contribution < 1.29 is 28.0 Å². The van der Waals surface area contributed by atoms with E-state index in [1.54, 1.807) is 25.1 Å². The van der Waals surface area contributed by atoms with Gasteiger partial charge < -0.3 is 21.0 Å². The Bertz CT molecular complexity index is 1270. The molecule has 0 saturated heterocycles. The molecule has 5 N–H and O–H groups in total. The minimum atomic E-state index is -4.10. The first-order valence-electron chi connectivity index (χ1n) is 11.3. The van der Waals surface area contributed by atoms with Crippen LogP contribution in [0, 0.1) is 6.92 Å². The van der Waals surface area contributed by atoms with Gasteiger partial charge in [-0.3, -0.25) is 14.6 Å². The number of amides is 1. The molecule has 1 heterocycles. The van der Waals surface area contributed by atoms with Gasteiger partial charge in [-0.25, -0.2) is 8.42 Å². The Morgan fingerprint density at radius 3 is 2.56 bits per heavy atom. The highest BCUT2D eigenvalue weighted by Crippen LogP contribution is 2.20. The Hall–Kier alpha value is -3.77. The van der Waals surface area contributed by atoms with Crippen molar-refractivity contribution in [2.75, 3.05) is 13.1 Å². The van der Waals surface area contributed by atoms with E-state index in [0.29, 0.717) is 30.1 Å². The number of benzene rings is 2. The zero-order valence-corrected chi connectivity index (χ0v) is 20.8. The van der Waals surface area contributed by atoms with Gasteiger partial charge in [0.1, 0.15) is 18.0 Å². The minimum absolute atomic E-state index is 0.0278. The molecule has 36 heavy (non-hydrogen) atoms. The smallest absolute Gasteiger partial charge is 0.323 e. The van der Waals surface area contributed by atoms with Crippen molar-refractivity contribution in [1.82, 2.24) is 10.0 Å². The van der Waals surface area contributed by atoms with Gasteiger partial charge in [0.2, 0.25) is 15.9 Å². The topological polar surface area (TPSA) is 173 Å². The van der Waals surface area contributed by atoms with Crippen LogP contribution < -0.4 is 15.8 Å². The number of carboxylic acid groups (broad SMARTS) is 1. The van der Waals surface area contributed by atoms with Gasteiger partial charge in [-0.15, -0.1) is 0 Å². The quantitative estimate of drug-likeness (QED) is 0.257. The van der Waals surface area contributed by atoms with Crippen molar-refractivity contribution >= 4 is 33.4 Å². The van der Waals surface area contributed by atoms with E-state index in [2.05, 4.69) is 20.2 Å². The van der Waals surface area contributed by atoms with Crippen LogP contribution in [0.2, 0.25) is 0 Å². The number of rotatable bonds is 11. The summed E-state index contributed by atoms with van der Waals surface area (Å²) in [5, 5.41) is 16.0. The molecule has 2 aromatic rings. The third kappa shape index (κ3) is 6.89. The Labute approximate surface area is 209 Å². The fourth-order valence-electron chi connectivity index (χ4n) is 3.59. The zero-order chi connectivity index (χ0) is 26.3. The van der Waals surface area contributed by atoms with Gasteiger partial charge in [-0.1, -0.05) is 47.6 Å². The number of carboxylic acids is 1. The molecular weight excluding hydrogens is 486 g/mol. The van der Waals surface area contributed by atoms with Gasteiger partial charge in [0, 0.05) is 25.1 Å². The van der Waals surface area contributed by atoms with Crippen LogP contribution >= 0.6 is 0 Å². The number of aliphatic imine (C=N–C) groups is 1. The standard InChI is InChI=1S/C24H29N5O6S/c1-3-26-23(25)17-10-8-16(9-11-17)19-12-18(35-28-19)13-22(30)27-14-20(24(31)32)29-36(33,34)21-7-5-4-6-15(21)2/h4-11,18,20,29H,3,12-14H2,1-2H3,(H2,25,26)(H,27,30)(H,31,32)/t18-,20+/m1/s1. The largest absolute Gasteiger partial charge is 0.480 e. The molecular formula is C24H29N5O6S. The fourth-order valence-corrected chi connectivity index (χ4v) is 5.02. The van der Waals surface area contributed by atoms with Crippen molar-refractivity contribution in [3.05, 3.63) is 65.2 Å². The molecule has 0 radical (unpaired) electrons. The lowest BCUT2D eigenvalue weighted by Gasteiger charge is -2.17. The van der Waals surface area contributed by atoms with E-state index in [0.717, 1.165) is 11.1 Å². The molecule has 12 heteroatoms. The molecule has 1 aliphatic heterocycles. The summed E-state index contributed by atoms with van der Waals surface area (Å²) in [6.07, 6.45) is -0.218. The van der Waals surface area contributed by atoms with Gasteiger partial charge >= 0.3 is 5.97 Å². The van der Waals surface area contributed by atoms with Crippen LogP contribution in [-0.4, -0.2) is 62.2 Å². The van der Waals surface area contributed by atoms with E-state index in [1.807, 2.05) is 31.2 Å². The molecule has 2 aromatic carbocycles. The molecule has 0 aromatic heterocycles. The number of nitrogens with one attached hydrogen (secondary N) is 2. The fraction of sp³-hybridized carbons (Fsp3) is 0.333. The third-order valence-corrected chi connectivity index (χ3v) is 7.10. The molecule has 0 fully saturated rings. The number of sulfonamides is 1. The highest BCUT2D eigenvalue weighted by Gasteiger charge is 2.28. The summed E-state index contributed by atoms with van der Waals surface area (Å²) in [4.78, 5) is 33.5. The Morgan fingerprint density at radius 1 is 1.22 bits per heavy atom. The summed E-state index contributed by atoms with van der Waals surface area (Å²) in [5.41, 5.74) is 8.65. The van der Waals surface area contributed by atoms with Crippen LogP contribution in [-0.2, 0) is 24.4 Å². The van der Waals surface area contributed by atoms with E-state index < -0.39 is 40.6 Å². The molecule has 2 atom stereocenters. The number of hydrogen-bond acceptors (Lipinski definition) is 7. The SMILES string of the molecule is CCN=C(N)c1ccc(C2=NO[C@@H](CC(=O)NC[C@H](NS(=O)(=O)c3ccccc3C)C(=O)O)C2)cc1. The number of aryl methyl sites for hydroxylation is 1. The number of carbonyl (C=O) groups excluding carboxylic acids is 1. The van der Waals surface area contributed by atoms with Crippen molar-refractivity contribution in [2.24, 2.45) is 15.9 Å². The van der Waals surface area contributed by atoms with Crippen LogP contribution in [0.1, 0.15) is 36.5 Å². The second-order valence-electron chi connectivity index (χ2n) is 8.19. The van der Waals surface area contributed by atoms with E-state index in [9.17, 15) is 23.1 Å². The summed E-state index contributed by atoms with van der Waals surface area (Å²) in [7, 11) is -4.10. The highest BCUT2D eigenvalue weighted by atomic mass is 32.2. The molecule has 0 bridgehead atoms. The molecule has 0 saturated carbocycles. The van der Waals surface area contributed by atoms with Crippen LogP contribution in [0.4, 0.5) is 0 Å². The normalized spacial score (nSPS) is 16.7. The molecule has 1 amide bonds. The summed E-state index contributed by atoms with van der Waals surface area (Å²) in [6.45, 7) is 3.66. The van der Waals surface area contributed by atoms with Crippen molar-refractivity contribution in [1.29, 1.82) is 0 Å². The lowest BCUT2D eigenvalue weighted by Crippen LogP contribution is -2.48. The number of aliphatic carboxylic acids is 1. The van der Waals surface area contributed by atoms with Gasteiger partial charge in [-0.2, -0.15) is 4.72 Å². The van der Waals surface area contributed by atoms with E-state index >= 15 is 0 Å². The maximum atomic E-state index is 12.6. The van der Waals surface area contributed by atoms with Crippen molar-refractivity contribution in [2.45, 2.75) is 43.7 Å². The van der Waals surface area contributed by atoms with Crippen LogP contribution in [0.15, 0.2) is 63.6 Å². The Kier molecular flexibility index (Phi) is 8.78. The zero-order valence-electron chi connectivity index (χ0n) is 20.0. The van der Waals surface area contributed by atoms with Crippen LogP contribution in [0.5, 0.6) is 0 Å². The summed E-state index contributed by atoms with van der Waals surface area (Å²) < 4.78 is 27.4. The maximum absolute atomic E-state index is 12.6. The van der Waals surface area contributed by atoms with E-state index in [4.69, 9.17) is 10.6 Å². The van der Waals surface area contributed by atoms with E-state index in [1.165, 1.54) is 6.07 Å². The summed E-state index contributed by atoms with van der Waals surface area (Å²) in [5.74, 6) is -1.45. The van der Waals surface area contributed by atoms with Gasteiger partial charge in [-0.05, 0) is 31.0 Å². The van der Waals surface area contributed by atoms with Gasteiger partial charge in [0.25, 0.3) is 0 Å². The van der Waals surface area contributed by atoms with Gasteiger partial charge in [0.15, 0.2) is 0 Å². The minimum Gasteiger partial charge on any atom is -0.480 e. The average Bonchev–Trinajstić information content (AvgIpc) is 3.30. The number of hydrogen-bond donors (Lipinski definition) is 4. The highest BCUT2D eigenvalue weighted by molar-refractivity contribution is 7.89. The maximum Gasteiger partial charge on any atom is 0.323 e. The molecule has 0 spiro atoms. The second kappa shape index (κ2) is 11.8. The molecule has 192 valence electrons. The van der Waals surface area contributed by atoms with Gasteiger partial charge in [0.05, 0.1) is 17.0 Å². The van der Waals surface area contributed by atoms with Crippen LogP contribution in [0.25, 0.3) is 0 Å². The van der Waals surface area contributed by atoms with Crippen molar-refractivity contribution in [3.8, 4) is 0 Å². The summed E-state index contributed by atoms with van der Waals surface area (Å²) >= 11 is 0. The monoisotopic (exact) mass is 515 g/mol. The predicted octanol–water partition coefficient (Wildman–Crippen LogP) is 1.15. The average molecular weight is 516 g/mol. The molecule has 0 aliphatic carbocycles.